The molecule has 0 bridgehead atoms. The minimum atomic E-state index is -0.0846. The van der Waals surface area contributed by atoms with Gasteiger partial charge in [0, 0.05) is 22.3 Å². The third-order valence-electron chi connectivity index (χ3n) is 2.58. The van der Waals surface area contributed by atoms with Crippen molar-refractivity contribution in [3.8, 4) is 5.88 Å². The van der Waals surface area contributed by atoms with Gasteiger partial charge in [0.15, 0.2) is 0 Å². The number of nitrogens with zero attached hydrogens (tertiary/aromatic N) is 1. The number of rotatable bonds is 4. The van der Waals surface area contributed by atoms with Gasteiger partial charge < -0.3 is 10.5 Å². The lowest BCUT2D eigenvalue weighted by atomic mass is 10.1. The van der Waals surface area contributed by atoms with Crippen LogP contribution in [0.3, 0.4) is 0 Å². The van der Waals surface area contributed by atoms with E-state index < -0.39 is 0 Å². The van der Waals surface area contributed by atoms with Crippen LogP contribution in [-0.2, 0) is 6.61 Å². The molecule has 0 fully saturated rings. The first-order chi connectivity index (χ1) is 8.66. The van der Waals surface area contributed by atoms with E-state index in [0.29, 0.717) is 12.5 Å². The summed E-state index contributed by atoms with van der Waals surface area (Å²) in [6, 6.07) is 11.7. The van der Waals surface area contributed by atoms with Crippen LogP contribution in [0.25, 0.3) is 0 Å². The number of ether oxygens (including phenoxy) is 1. The molecule has 0 spiro atoms. The maximum absolute atomic E-state index is 5.88. The molecule has 0 aliphatic carbocycles. The second-order valence-corrected chi connectivity index (χ2v) is 5.02. The van der Waals surface area contributed by atoms with Gasteiger partial charge in [0.1, 0.15) is 6.61 Å². The Morgan fingerprint density at radius 2 is 2.00 bits per heavy atom. The van der Waals surface area contributed by atoms with Crippen molar-refractivity contribution in [2.24, 2.45) is 5.73 Å². The van der Waals surface area contributed by atoms with Crippen molar-refractivity contribution in [2.45, 2.75) is 19.6 Å². The standard InChI is InChI=1S/C14H15BrN2O/c1-10(16)13-3-2-8-17-14(13)18-9-11-4-6-12(15)7-5-11/h2-8,10H,9,16H2,1H3. The molecule has 18 heavy (non-hydrogen) atoms. The first kappa shape index (κ1) is 13.1. The second kappa shape index (κ2) is 5.98. The lowest BCUT2D eigenvalue weighted by Gasteiger charge is -2.12. The Labute approximate surface area is 115 Å². The van der Waals surface area contributed by atoms with E-state index >= 15 is 0 Å². The van der Waals surface area contributed by atoms with Crippen molar-refractivity contribution < 1.29 is 4.74 Å². The summed E-state index contributed by atoms with van der Waals surface area (Å²) >= 11 is 3.40. The predicted molar refractivity (Wildman–Crippen MR) is 75.3 cm³/mol. The molecule has 1 aromatic carbocycles. The molecular formula is C14H15BrN2O. The topological polar surface area (TPSA) is 48.1 Å². The third kappa shape index (κ3) is 3.31. The van der Waals surface area contributed by atoms with Crippen molar-refractivity contribution in [1.29, 1.82) is 0 Å². The summed E-state index contributed by atoms with van der Waals surface area (Å²) < 4.78 is 6.77. The molecule has 3 nitrogen and oxygen atoms in total. The van der Waals surface area contributed by atoms with Gasteiger partial charge in [-0.25, -0.2) is 4.98 Å². The van der Waals surface area contributed by atoms with Gasteiger partial charge in [-0.2, -0.15) is 0 Å². The molecule has 1 unspecified atom stereocenters. The number of hydrogen-bond acceptors (Lipinski definition) is 3. The molecule has 0 radical (unpaired) electrons. The molecular weight excluding hydrogens is 292 g/mol. The van der Waals surface area contributed by atoms with E-state index in [0.717, 1.165) is 15.6 Å². The number of pyridine rings is 1. The van der Waals surface area contributed by atoms with Crippen molar-refractivity contribution in [2.75, 3.05) is 0 Å². The second-order valence-electron chi connectivity index (χ2n) is 4.10. The van der Waals surface area contributed by atoms with E-state index in [1.807, 2.05) is 43.3 Å². The Balaban J connectivity index is 2.08. The highest BCUT2D eigenvalue weighted by Crippen LogP contribution is 2.21. The smallest absolute Gasteiger partial charge is 0.218 e. The first-order valence-corrected chi connectivity index (χ1v) is 6.54. The van der Waals surface area contributed by atoms with Crippen LogP contribution in [0.5, 0.6) is 5.88 Å². The fourth-order valence-electron chi connectivity index (χ4n) is 1.60. The molecule has 4 heteroatoms. The molecule has 94 valence electrons. The quantitative estimate of drug-likeness (QED) is 0.941. The van der Waals surface area contributed by atoms with Gasteiger partial charge in [0.25, 0.3) is 0 Å². The fourth-order valence-corrected chi connectivity index (χ4v) is 1.87. The Hall–Kier alpha value is -1.39. The van der Waals surface area contributed by atoms with Gasteiger partial charge in [-0.15, -0.1) is 0 Å². The maximum Gasteiger partial charge on any atom is 0.218 e. The van der Waals surface area contributed by atoms with Crippen molar-refractivity contribution in [1.82, 2.24) is 4.98 Å². The Morgan fingerprint density at radius 3 is 2.67 bits per heavy atom. The van der Waals surface area contributed by atoms with E-state index in [-0.39, 0.29) is 6.04 Å². The number of halogens is 1. The number of nitrogens with two attached hydrogens (primary N) is 1. The fraction of sp³-hybridized carbons (Fsp3) is 0.214. The third-order valence-corrected chi connectivity index (χ3v) is 3.11. The predicted octanol–water partition coefficient (Wildman–Crippen LogP) is 3.44. The zero-order valence-electron chi connectivity index (χ0n) is 10.1. The molecule has 0 saturated heterocycles. The van der Waals surface area contributed by atoms with Crippen LogP contribution >= 0.6 is 15.9 Å². The van der Waals surface area contributed by atoms with Crippen molar-refractivity contribution in [3.63, 3.8) is 0 Å². The SMILES string of the molecule is CC(N)c1cccnc1OCc1ccc(Br)cc1. The van der Waals surface area contributed by atoms with Crippen LogP contribution in [0.4, 0.5) is 0 Å². The van der Waals surface area contributed by atoms with Crippen molar-refractivity contribution >= 4 is 15.9 Å². The summed E-state index contributed by atoms with van der Waals surface area (Å²) in [5.41, 5.74) is 7.90. The summed E-state index contributed by atoms with van der Waals surface area (Å²) in [5.74, 6) is 0.607. The molecule has 1 heterocycles. The van der Waals surface area contributed by atoms with Gasteiger partial charge in [0.05, 0.1) is 0 Å². The monoisotopic (exact) mass is 306 g/mol. The first-order valence-electron chi connectivity index (χ1n) is 5.74. The van der Waals surface area contributed by atoms with Crippen LogP contribution in [0.15, 0.2) is 47.1 Å². The Kier molecular flexibility index (Phi) is 4.33. The number of aromatic nitrogens is 1. The highest BCUT2D eigenvalue weighted by atomic mass is 79.9. The van der Waals surface area contributed by atoms with Crippen molar-refractivity contribution in [3.05, 3.63) is 58.2 Å². The molecule has 0 amide bonds. The molecule has 2 aromatic rings. The summed E-state index contributed by atoms with van der Waals surface area (Å²) in [6.45, 7) is 2.41. The molecule has 1 atom stereocenters. The molecule has 0 saturated carbocycles. The molecule has 0 aliphatic rings. The largest absolute Gasteiger partial charge is 0.473 e. The molecule has 0 aliphatic heterocycles. The Morgan fingerprint density at radius 1 is 1.28 bits per heavy atom. The minimum absolute atomic E-state index is 0.0846. The van der Waals surface area contributed by atoms with Crippen LogP contribution in [0.2, 0.25) is 0 Å². The van der Waals surface area contributed by atoms with Gasteiger partial charge in [-0.3, -0.25) is 0 Å². The van der Waals surface area contributed by atoms with Crippen LogP contribution in [-0.4, -0.2) is 4.98 Å². The molecule has 2 rings (SSSR count). The van der Waals surface area contributed by atoms with Gasteiger partial charge in [-0.1, -0.05) is 34.1 Å². The summed E-state index contributed by atoms with van der Waals surface area (Å²) in [7, 11) is 0. The lowest BCUT2D eigenvalue weighted by molar-refractivity contribution is 0.289. The normalized spacial score (nSPS) is 12.2. The van der Waals surface area contributed by atoms with Gasteiger partial charge in [-0.05, 0) is 30.7 Å². The Bertz CT molecular complexity index is 511. The number of benzene rings is 1. The van der Waals surface area contributed by atoms with E-state index in [1.54, 1.807) is 6.20 Å². The zero-order valence-corrected chi connectivity index (χ0v) is 11.7. The zero-order chi connectivity index (χ0) is 13.0. The average molecular weight is 307 g/mol. The van der Waals surface area contributed by atoms with Gasteiger partial charge >= 0.3 is 0 Å². The summed E-state index contributed by atoms with van der Waals surface area (Å²) in [6.07, 6.45) is 1.71. The lowest BCUT2D eigenvalue weighted by Crippen LogP contribution is -2.09. The van der Waals surface area contributed by atoms with E-state index in [9.17, 15) is 0 Å². The summed E-state index contributed by atoms with van der Waals surface area (Å²) in [4.78, 5) is 4.22. The highest BCUT2D eigenvalue weighted by Gasteiger charge is 2.08. The van der Waals surface area contributed by atoms with E-state index in [2.05, 4.69) is 20.9 Å². The maximum atomic E-state index is 5.88. The van der Waals surface area contributed by atoms with Crippen LogP contribution in [0.1, 0.15) is 24.1 Å². The van der Waals surface area contributed by atoms with Gasteiger partial charge in [0.2, 0.25) is 5.88 Å². The molecule has 2 N–H and O–H groups in total. The van der Waals surface area contributed by atoms with E-state index in [4.69, 9.17) is 10.5 Å². The highest BCUT2D eigenvalue weighted by molar-refractivity contribution is 9.10. The summed E-state index contributed by atoms with van der Waals surface area (Å²) in [5, 5.41) is 0. The molecule has 1 aromatic heterocycles. The average Bonchev–Trinajstić information content (AvgIpc) is 2.38. The minimum Gasteiger partial charge on any atom is -0.473 e. The van der Waals surface area contributed by atoms with Crippen LogP contribution in [0, 0.1) is 0 Å². The van der Waals surface area contributed by atoms with E-state index in [1.165, 1.54) is 0 Å². The van der Waals surface area contributed by atoms with Crippen LogP contribution < -0.4 is 10.5 Å². The number of hydrogen-bond donors (Lipinski definition) is 1.